The SMILES string of the molecule is COC(=O)N[C@@H](Cc1ccccc1)C(=O)N[C@@H](Cc1ccc(NS(=O)O)cc1)C1=CSC(C)N1. The molecular formula is C23H28N4O5S2. The molecule has 34 heavy (non-hydrogen) atoms. The lowest BCUT2D eigenvalue weighted by atomic mass is 10.0. The lowest BCUT2D eigenvalue weighted by Gasteiger charge is -2.25. The Hall–Kier alpha value is -3.02. The molecule has 2 aromatic rings. The zero-order valence-corrected chi connectivity index (χ0v) is 20.4. The molecule has 0 fully saturated rings. The zero-order chi connectivity index (χ0) is 24.5. The summed E-state index contributed by atoms with van der Waals surface area (Å²) in [5.74, 6) is -0.333. The van der Waals surface area contributed by atoms with E-state index in [1.165, 1.54) is 7.11 Å². The molecule has 2 aromatic carbocycles. The fraction of sp³-hybridized carbons (Fsp3) is 0.304. The summed E-state index contributed by atoms with van der Waals surface area (Å²) in [7, 11) is 1.26. The van der Waals surface area contributed by atoms with Gasteiger partial charge in [0.05, 0.1) is 18.5 Å². The van der Waals surface area contributed by atoms with Crippen molar-refractivity contribution < 1.29 is 23.1 Å². The van der Waals surface area contributed by atoms with Crippen LogP contribution in [0.4, 0.5) is 10.5 Å². The number of anilines is 1. The number of amides is 2. The van der Waals surface area contributed by atoms with Gasteiger partial charge in [-0.25, -0.2) is 9.00 Å². The van der Waals surface area contributed by atoms with Gasteiger partial charge in [0.25, 0.3) is 11.3 Å². The number of methoxy groups -OCH3 is 1. The first kappa shape index (κ1) is 25.6. The van der Waals surface area contributed by atoms with Crippen molar-refractivity contribution in [2.45, 2.75) is 37.2 Å². The van der Waals surface area contributed by atoms with E-state index in [9.17, 15) is 13.8 Å². The summed E-state index contributed by atoms with van der Waals surface area (Å²) in [6.45, 7) is 2.03. The van der Waals surface area contributed by atoms with Gasteiger partial charge in [-0.2, -0.15) is 0 Å². The molecule has 0 bridgehead atoms. The second-order valence-electron chi connectivity index (χ2n) is 7.69. The molecule has 0 spiro atoms. The average molecular weight is 505 g/mol. The van der Waals surface area contributed by atoms with Gasteiger partial charge in [0.2, 0.25) is 5.91 Å². The van der Waals surface area contributed by atoms with Crippen LogP contribution in [0.3, 0.4) is 0 Å². The molecule has 3 rings (SSSR count). The maximum absolute atomic E-state index is 13.3. The summed E-state index contributed by atoms with van der Waals surface area (Å²) >= 11 is -0.529. The van der Waals surface area contributed by atoms with Crippen LogP contribution in [0.25, 0.3) is 0 Å². The molecule has 1 aliphatic rings. The Kier molecular flexibility index (Phi) is 9.37. The number of rotatable bonds is 10. The van der Waals surface area contributed by atoms with E-state index in [0.717, 1.165) is 16.8 Å². The minimum absolute atomic E-state index is 0.175. The van der Waals surface area contributed by atoms with Gasteiger partial charge in [-0.3, -0.25) is 14.1 Å². The van der Waals surface area contributed by atoms with Gasteiger partial charge in [0.15, 0.2) is 0 Å². The summed E-state index contributed by atoms with van der Waals surface area (Å²) in [5.41, 5.74) is 3.22. The highest BCUT2D eigenvalue weighted by molar-refractivity contribution is 8.02. The second-order valence-corrected chi connectivity index (χ2v) is 9.60. The molecule has 0 saturated heterocycles. The highest BCUT2D eigenvalue weighted by Crippen LogP contribution is 2.24. The second kappa shape index (κ2) is 12.4. The summed E-state index contributed by atoms with van der Waals surface area (Å²) in [6.07, 6.45) is 0.112. The van der Waals surface area contributed by atoms with E-state index < -0.39 is 23.4 Å². The lowest BCUT2D eigenvalue weighted by molar-refractivity contribution is -0.123. The highest BCUT2D eigenvalue weighted by atomic mass is 32.2. The molecule has 0 aromatic heterocycles. The average Bonchev–Trinajstić information content (AvgIpc) is 3.25. The Bertz CT molecular complexity index is 1030. The molecular weight excluding hydrogens is 476 g/mol. The van der Waals surface area contributed by atoms with Crippen molar-refractivity contribution in [2.24, 2.45) is 0 Å². The van der Waals surface area contributed by atoms with Crippen molar-refractivity contribution in [3.63, 3.8) is 0 Å². The Morgan fingerprint density at radius 2 is 1.76 bits per heavy atom. The topological polar surface area (TPSA) is 129 Å². The van der Waals surface area contributed by atoms with Crippen LogP contribution in [-0.4, -0.2) is 45.3 Å². The van der Waals surface area contributed by atoms with Crippen LogP contribution in [0.2, 0.25) is 0 Å². The molecule has 11 heteroatoms. The first-order chi connectivity index (χ1) is 16.3. The quantitative estimate of drug-likeness (QED) is 0.315. The van der Waals surface area contributed by atoms with E-state index in [4.69, 9.17) is 9.29 Å². The van der Waals surface area contributed by atoms with Crippen molar-refractivity contribution in [3.05, 3.63) is 76.8 Å². The third-order valence-electron chi connectivity index (χ3n) is 5.14. The minimum Gasteiger partial charge on any atom is -0.453 e. The number of carbonyl (C=O) groups is 2. The van der Waals surface area contributed by atoms with Crippen LogP contribution in [-0.2, 0) is 33.6 Å². The number of hydrogen-bond acceptors (Lipinski definition) is 6. The first-order valence-corrected chi connectivity index (χ1v) is 12.7. The van der Waals surface area contributed by atoms with E-state index in [1.807, 2.05) is 54.8 Å². The van der Waals surface area contributed by atoms with E-state index in [-0.39, 0.29) is 17.3 Å². The van der Waals surface area contributed by atoms with Crippen LogP contribution in [0.15, 0.2) is 65.7 Å². The molecule has 2 unspecified atom stereocenters. The normalized spacial score (nSPS) is 17.5. The van der Waals surface area contributed by atoms with Crippen LogP contribution in [0.1, 0.15) is 18.1 Å². The third kappa shape index (κ3) is 7.79. The smallest absolute Gasteiger partial charge is 0.407 e. The molecule has 1 aliphatic heterocycles. The highest BCUT2D eigenvalue weighted by Gasteiger charge is 2.28. The van der Waals surface area contributed by atoms with E-state index in [2.05, 4.69) is 20.7 Å². The van der Waals surface area contributed by atoms with Crippen LogP contribution in [0, 0.1) is 0 Å². The number of carbonyl (C=O) groups excluding carboxylic acids is 2. The molecule has 0 radical (unpaired) electrons. The van der Waals surface area contributed by atoms with Crippen LogP contribution >= 0.6 is 11.8 Å². The van der Waals surface area contributed by atoms with Gasteiger partial charge in [0.1, 0.15) is 6.04 Å². The Labute approximate surface area is 205 Å². The first-order valence-electron chi connectivity index (χ1n) is 10.6. The maximum Gasteiger partial charge on any atom is 0.407 e. The fourth-order valence-electron chi connectivity index (χ4n) is 3.48. The largest absolute Gasteiger partial charge is 0.453 e. The van der Waals surface area contributed by atoms with Gasteiger partial charge in [-0.15, -0.1) is 11.8 Å². The number of nitrogens with one attached hydrogen (secondary N) is 4. The lowest BCUT2D eigenvalue weighted by Crippen LogP contribution is -2.52. The number of benzene rings is 2. The van der Waals surface area contributed by atoms with Crippen molar-refractivity contribution in [1.29, 1.82) is 0 Å². The van der Waals surface area contributed by atoms with Crippen molar-refractivity contribution in [1.82, 2.24) is 16.0 Å². The molecule has 2 amide bonds. The molecule has 0 aliphatic carbocycles. The van der Waals surface area contributed by atoms with Crippen LogP contribution < -0.4 is 20.7 Å². The van der Waals surface area contributed by atoms with E-state index in [1.54, 1.807) is 23.9 Å². The Balaban J connectivity index is 1.77. The number of alkyl carbamates (subject to hydrolysis) is 1. The summed E-state index contributed by atoms with van der Waals surface area (Å²) in [6, 6.07) is 15.3. The number of ether oxygens (including phenoxy) is 1. The third-order valence-corrected chi connectivity index (χ3v) is 6.46. The van der Waals surface area contributed by atoms with Gasteiger partial charge >= 0.3 is 6.09 Å². The van der Waals surface area contributed by atoms with Crippen LogP contribution in [0.5, 0.6) is 0 Å². The standard InChI is InChI=1S/C23H28N4O5S2/c1-15-24-21(14-33-15)19(12-17-8-10-18(11-9-17)27-34(30)31)25-22(28)20(26-23(29)32-2)13-16-6-4-3-5-7-16/h3-11,14-15,19-20,24,27H,12-13H2,1-2H3,(H,25,28)(H,26,29)(H,30,31)/t15?,19-,20-/m0/s1. The predicted molar refractivity (Wildman–Crippen MR) is 134 cm³/mol. The minimum atomic E-state index is -2.15. The van der Waals surface area contributed by atoms with Crippen molar-refractivity contribution >= 4 is 40.7 Å². The summed E-state index contributed by atoms with van der Waals surface area (Å²) < 4.78 is 27.1. The summed E-state index contributed by atoms with van der Waals surface area (Å²) in [4.78, 5) is 25.2. The van der Waals surface area contributed by atoms with Crippen molar-refractivity contribution in [3.8, 4) is 0 Å². The fourth-order valence-corrected chi connectivity index (χ4v) is 4.60. The molecule has 0 saturated carbocycles. The Morgan fingerprint density at radius 1 is 1.09 bits per heavy atom. The van der Waals surface area contributed by atoms with E-state index >= 15 is 0 Å². The van der Waals surface area contributed by atoms with Gasteiger partial charge in [-0.05, 0) is 42.0 Å². The number of hydrogen-bond donors (Lipinski definition) is 5. The van der Waals surface area contributed by atoms with Crippen molar-refractivity contribution in [2.75, 3.05) is 11.8 Å². The molecule has 9 nitrogen and oxygen atoms in total. The summed E-state index contributed by atoms with van der Waals surface area (Å²) in [5, 5.41) is 11.2. The molecule has 1 heterocycles. The van der Waals surface area contributed by atoms with Gasteiger partial charge in [-0.1, -0.05) is 42.5 Å². The van der Waals surface area contributed by atoms with E-state index in [0.29, 0.717) is 18.5 Å². The molecule has 5 N–H and O–H groups in total. The number of thioether (sulfide) groups is 1. The van der Waals surface area contributed by atoms with Gasteiger partial charge in [0, 0.05) is 17.8 Å². The predicted octanol–water partition coefficient (Wildman–Crippen LogP) is 2.75. The molecule has 182 valence electrons. The van der Waals surface area contributed by atoms with Gasteiger partial charge < -0.3 is 20.7 Å². The monoisotopic (exact) mass is 504 g/mol. The molecule has 4 atom stereocenters. The maximum atomic E-state index is 13.3. The zero-order valence-electron chi connectivity index (χ0n) is 18.8. The Morgan fingerprint density at radius 3 is 2.35 bits per heavy atom.